The first kappa shape index (κ1) is 23.3. The Bertz CT molecular complexity index is 1230. The van der Waals surface area contributed by atoms with E-state index in [1.54, 1.807) is 12.1 Å². The Morgan fingerprint density at radius 3 is 2.65 bits per heavy atom. The minimum atomic E-state index is -0.576. The van der Waals surface area contributed by atoms with Crippen molar-refractivity contribution in [3.63, 3.8) is 0 Å². The van der Waals surface area contributed by atoms with Crippen LogP contribution in [-0.4, -0.2) is 39.9 Å². The summed E-state index contributed by atoms with van der Waals surface area (Å²) in [5.41, 5.74) is 2.77. The number of amides is 2. The Morgan fingerprint density at radius 2 is 1.91 bits per heavy atom. The number of hydrogen-bond acceptors (Lipinski definition) is 6. The van der Waals surface area contributed by atoms with Gasteiger partial charge in [-0.15, -0.1) is 11.7 Å². The summed E-state index contributed by atoms with van der Waals surface area (Å²) in [7, 11) is 0. The van der Waals surface area contributed by atoms with Gasteiger partial charge in [0, 0.05) is 24.2 Å². The number of carbonyl (C=O) groups excluding carboxylic acids is 2. The Kier molecular flexibility index (Phi) is 7.39. The zero-order valence-electron chi connectivity index (χ0n) is 18.7. The molecule has 1 aliphatic heterocycles. The van der Waals surface area contributed by atoms with Crippen LogP contribution in [0.3, 0.4) is 0 Å². The minimum Gasteiger partial charge on any atom is -0.455 e. The number of anilines is 1. The molecule has 0 saturated carbocycles. The largest absolute Gasteiger partial charge is 0.455 e. The van der Waals surface area contributed by atoms with Crippen LogP contribution in [0.2, 0.25) is 0 Å². The number of nitrogens with zero attached hydrogens (tertiary/aromatic N) is 3. The third-order valence-corrected chi connectivity index (χ3v) is 6.22. The third kappa shape index (κ3) is 5.71. The second-order valence-electron chi connectivity index (χ2n) is 7.66. The van der Waals surface area contributed by atoms with Gasteiger partial charge in [0.2, 0.25) is 11.8 Å². The number of hydrogen-bond donors (Lipinski definition) is 1. The van der Waals surface area contributed by atoms with E-state index in [0.29, 0.717) is 16.6 Å². The van der Waals surface area contributed by atoms with Crippen LogP contribution in [0.5, 0.6) is 0 Å². The molecular formula is C26H24N4O3S. The summed E-state index contributed by atoms with van der Waals surface area (Å²) in [5.74, 6) is 0.846. The van der Waals surface area contributed by atoms with Gasteiger partial charge in [0.05, 0.1) is 6.21 Å². The number of furan rings is 1. The number of thioether (sulfide) groups is 1. The molecule has 0 radical (unpaired) electrons. The fourth-order valence-corrected chi connectivity index (χ4v) is 4.45. The summed E-state index contributed by atoms with van der Waals surface area (Å²) in [6, 6.07) is 20.9. The first-order chi connectivity index (χ1) is 16.5. The van der Waals surface area contributed by atoms with E-state index >= 15 is 0 Å². The van der Waals surface area contributed by atoms with Crippen LogP contribution in [0.1, 0.15) is 17.7 Å². The van der Waals surface area contributed by atoms with Crippen molar-refractivity contribution >= 4 is 40.6 Å². The molecule has 1 saturated heterocycles. The number of rotatable bonds is 8. The molecule has 2 heterocycles. The van der Waals surface area contributed by atoms with Crippen LogP contribution in [0, 0.1) is 6.92 Å². The second-order valence-corrected chi connectivity index (χ2v) is 8.83. The van der Waals surface area contributed by atoms with Crippen LogP contribution in [0.15, 0.2) is 94.0 Å². The quantitative estimate of drug-likeness (QED) is 0.281. The molecule has 1 aliphatic rings. The van der Waals surface area contributed by atoms with Gasteiger partial charge < -0.3 is 9.73 Å². The maximum atomic E-state index is 12.9. The molecule has 7 nitrogen and oxygen atoms in total. The molecule has 1 fully saturated rings. The van der Waals surface area contributed by atoms with E-state index in [1.165, 1.54) is 22.9 Å². The number of aryl methyl sites for hydroxylation is 1. The van der Waals surface area contributed by atoms with E-state index in [4.69, 9.17) is 4.42 Å². The van der Waals surface area contributed by atoms with Crippen molar-refractivity contribution in [2.24, 2.45) is 10.2 Å². The van der Waals surface area contributed by atoms with Crippen LogP contribution < -0.4 is 5.32 Å². The highest BCUT2D eigenvalue weighted by Gasteiger charge is 2.38. The SMILES string of the molecule is C=CCN1C(=O)C(CC(=O)Nc2ccc(C)cc2)S/C1=N\N=C\c1ccc(-c2ccccc2)o1. The van der Waals surface area contributed by atoms with Crippen molar-refractivity contribution in [2.75, 3.05) is 11.9 Å². The van der Waals surface area contributed by atoms with Crippen molar-refractivity contribution in [2.45, 2.75) is 18.6 Å². The molecule has 1 aromatic heterocycles. The van der Waals surface area contributed by atoms with Crippen molar-refractivity contribution in [3.8, 4) is 11.3 Å². The van der Waals surface area contributed by atoms with Gasteiger partial charge in [-0.05, 0) is 31.2 Å². The molecule has 2 amide bonds. The second kappa shape index (κ2) is 10.8. The Labute approximate surface area is 202 Å². The molecule has 0 bridgehead atoms. The van der Waals surface area contributed by atoms with Gasteiger partial charge in [-0.2, -0.15) is 5.10 Å². The summed E-state index contributed by atoms with van der Waals surface area (Å²) in [6.45, 7) is 5.97. The smallest absolute Gasteiger partial charge is 0.243 e. The lowest BCUT2D eigenvalue weighted by atomic mass is 10.2. The molecular weight excluding hydrogens is 448 g/mol. The molecule has 2 aromatic carbocycles. The molecule has 0 aliphatic carbocycles. The lowest BCUT2D eigenvalue weighted by molar-refractivity contribution is -0.127. The van der Waals surface area contributed by atoms with Gasteiger partial charge in [-0.3, -0.25) is 14.5 Å². The maximum Gasteiger partial charge on any atom is 0.243 e. The first-order valence-corrected chi connectivity index (χ1v) is 11.6. The lowest BCUT2D eigenvalue weighted by Gasteiger charge is -2.12. The molecule has 1 atom stereocenters. The summed E-state index contributed by atoms with van der Waals surface area (Å²) in [5, 5.41) is 11.0. The summed E-state index contributed by atoms with van der Waals surface area (Å²) in [6.07, 6.45) is 3.14. The zero-order chi connectivity index (χ0) is 23.9. The zero-order valence-corrected chi connectivity index (χ0v) is 19.5. The molecule has 8 heteroatoms. The summed E-state index contributed by atoms with van der Waals surface area (Å²) < 4.78 is 5.79. The van der Waals surface area contributed by atoms with Crippen LogP contribution >= 0.6 is 11.8 Å². The highest BCUT2D eigenvalue weighted by molar-refractivity contribution is 8.15. The topological polar surface area (TPSA) is 87.3 Å². The van der Waals surface area contributed by atoms with E-state index in [-0.39, 0.29) is 24.8 Å². The molecule has 1 unspecified atom stereocenters. The number of amidine groups is 1. The third-order valence-electron chi connectivity index (χ3n) is 5.05. The molecule has 1 N–H and O–H groups in total. The molecule has 0 spiro atoms. The maximum absolute atomic E-state index is 12.9. The average molecular weight is 473 g/mol. The van der Waals surface area contributed by atoms with Crippen LogP contribution in [0.25, 0.3) is 11.3 Å². The fourth-order valence-electron chi connectivity index (χ4n) is 3.35. The van der Waals surface area contributed by atoms with Crippen molar-refractivity contribution in [3.05, 3.63) is 90.7 Å². The molecule has 172 valence electrons. The summed E-state index contributed by atoms with van der Waals surface area (Å²) >= 11 is 1.22. The van der Waals surface area contributed by atoms with E-state index < -0.39 is 5.25 Å². The predicted molar refractivity (Wildman–Crippen MR) is 137 cm³/mol. The number of benzene rings is 2. The minimum absolute atomic E-state index is 0.0341. The van der Waals surface area contributed by atoms with E-state index in [0.717, 1.165) is 16.9 Å². The predicted octanol–water partition coefficient (Wildman–Crippen LogP) is 5.10. The van der Waals surface area contributed by atoms with Crippen molar-refractivity contribution in [1.82, 2.24) is 4.90 Å². The molecule has 34 heavy (non-hydrogen) atoms. The fraction of sp³-hybridized carbons (Fsp3) is 0.154. The lowest BCUT2D eigenvalue weighted by Crippen LogP contribution is -2.33. The average Bonchev–Trinajstić information content (AvgIpc) is 3.42. The van der Waals surface area contributed by atoms with Gasteiger partial charge in [0.15, 0.2) is 5.17 Å². The van der Waals surface area contributed by atoms with Gasteiger partial charge in [0.25, 0.3) is 0 Å². The Balaban J connectivity index is 1.42. The van der Waals surface area contributed by atoms with E-state index in [9.17, 15) is 9.59 Å². The highest BCUT2D eigenvalue weighted by atomic mass is 32.2. The van der Waals surface area contributed by atoms with Crippen LogP contribution in [-0.2, 0) is 9.59 Å². The molecule has 3 aromatic rings. The monoisotopic (exact) mass is 472 g/mol. The number of carbonyl (C=O) groups is 2. The summed E-state index contributed by atoms with van der Waals surface area (Å²) in [4.78, 5) is 26.8. The van der Waals surface area contributed by atoms with E-state index in [1.807, 2.05) is 67.6 Å². The highest BCUT2D eigenvalue weighted by Crippen LogP contribution is 2.30. The van der Waals surface area contributed by atoms with Gasteiger partial charge in [-0.25, -0.2) is 0 Å². The van der Waals surface area contributed by atoms with Crippen molar-refractivity contribution in [1.29, 1.82) is 0 Å². The first-order valence-electron chi connectivity index (χ1n) is 10.7. The normalized spacial score (nSPS) is 17.0. The van der Waals surface area contributed by atoms with Gasteiger partial charge in [0.1, 0.15) is 16.8 Å². The standard InChI is InChI=1S/C26H24N4O3S/c1-3-15-30-25(32)23(16-24(31)28-20-11-9-18(2)10-12-20)34-26(30)29-27-17-21-13-14-22(33-21)19-7-5-4-6-8-19/h3-14,17,23H,1,15-16H2,2H3,(H,28,31)/b27-17+,29-26-. The Morgan fingerprint density at radius 1 is 1.15 bits per heavy atom. The van der Waals surface area contributed by atoms with Gasteiger partial charge >= 0.3 is 0 Å². The Hall–Kier alpha value is -3.91. The molecule has 4 rings (SSSR count). The van der Waals surface area contributed by atoms with Gasteiger partial charge in [-0.1, -0.05) is 65.9 Å². The van der Waals surface area contributed by atoms with Crippen LogP contribution in [0.4, 0.5) is 5.69 Å². The van der Waals surface area contributed by atoms with E-state index in [2.05, 4.69) is 22.1 Å². The van der Waals surface area contributed by atoms with Crippen molar-refractivity contribution < 1.29 is 14.0 Å². The number of nitrogens with one attached hydrogen (secondary N) is 1.